The fraction of sp³-hybridized carbons (Fsp3) is 0. The van der Waals surface area contributed by atoms with Crippen LogP contribution in [0.5, 0.6) is 23.4 Å². The molecule has 0 amide bonds. The second-order valence-electron chi connectivity index (χ2n) is 2.69. The Bertz CT molecular complexity index is 473. The van der Waals surface area contributed by atoms with Crippen LogP contribution >= 0.6 is 0 Å². The van der Waals surface area contributed by atoms with Crippen molar-refractivity contribution >= 4 is 5.97 Å². The van der Waals surface area contributed by atoms with Crippen molar-refractivity contribution in [2.24, 2.45) is 0 Å². The van der Waals surface area contributed by atoms with Gasteiger partial charge in [0.1, 0.15) is 0 Å². The molecule has 0 radical (unpaired) electrons. The minimum absolute atomic E-state index is 0.0231. The van der Waals surface area contributed by atoms with E-state index in [-0.39, 0.29) is 5.76 Å². The van der Waals surface area contributed by atoms with Crippen molar-refractivity contribution in [3.05, 3.63) is 24.2 Å². The molecular formula is C9H8O8. The van der Waals surface area contributed by atoms with Gasteiger partial charge in [0, 0.05) is 0 Å². The quantitative estimate of drug-likeness (QED) is 0.501. The molecule has 92 valence electrons. The molecular weight excluding hydrogens is 236 g/mol. The minimum atomic E-state index is -1.03. The van der Waals surface area contributed by atoms with Crippen molar-refractivity contribution in [1.29, 1.82) is 0 Å². The van der Waals surface area contributed by atoms with E-state index in [4.69, 9.17) is 25.5 Å². The van der Waals surface area contributed by atoms with Crippen molar-refractivity contribution in [3.8, 4) is 23.4 Å². The summed E-state index contributed by atoms with van der Waals surface area (Å²) in [6.45, 7) is 0. The summed E-state index contributed by atoms with van der Waals surface area (Å²) in [6, 6.07) is 2.92. The lowest BCUT2D eigenvalue weighted by Crippen LogP contribution is -1.90. The standard InChI is InChI=1S/C5H4O3.C4H4O5/c6-5(7)4-2-1-3-8-4;5-1-2(6)4(8)9-3(1)7/h1-3H,(H,6,7);5-8H. The Labute approximate surface area is 93.6 Å². The maximum absolute atomic E-state index is 9.97. The van der Waals surface area contributed by atoms with Crippen LogP contribution in [0.1, 0.15) is 10.6 Å². The van der Waals surface area contributed by atoms with Gasteiger partial charge in [-0.1, -0.05) is 0 Å². The molecule has 0 saturated carbocycles. The summed E-state index contributed by atoms with van der Waals surface area (Å²) >= 11 is 0. The molecule has 0 saturated heterocycles. The number of carboxylic acids is 1. The zero-order valence-electron chi connectivity index (χ0n) is 8.19. The van der Waals surface area contributed by atoms with Gasteiger partial charge >= 0.3 is 17.9 Å². The Hall–Kier alpha value is -2.77. The number of carboxylic acid groups (broad SMARTS) is 1. The summed E-state index contributed by atoms with van der Waals surface area (Å²) in [7, 11) is 0. The number of carbonyl (C=O) groups is 1. The number of aromatic carboxylic acids is 1. The molecule has 2 aromatic heterocycles. The molecule has 0 spiro atoms. The van der Waals surface area contributed by atoms with Crippen LogP contribution in [-0.2, 0) is 0 Å². The lowest BCUT2D eigenvalue weighted by molar-refractivity contribution is 0.0662. The molecule has 0 aliphatic heterocycles. The first-order chi connectivity index (χ1) is 7.93. The van der Waals surface area contributed by atoms with Gasteiger partial charge in [-0.2, -0.15) is 0 Å². The highest BCUT2D eigenvalue weighted by Crippen LogP contribution is 2.44. The Morgan fingerprint density at radius 1 is 1.06 bits per heavy atom. The zero-order valence-corrected chi connectivity index (χ0v) is 8.19. The number of furan rings is 2. The third-order valence-corrected chi connectivity index (χ3v) is 1.55. The lowest BCUT2D eigenvalue weighted by atomic mass is 10.5. The average molecular weight is 244 g/mol. The second-order valence-corrected chi connectivity index (χ2v) is 2.69. The van der Waals surface area contributed by atoms with Gasteiger partial charge in [0.25, 0.3) is 0 Å². The van der Waals surface area contributed by atoms with E-state index >= 15 is 0 Å². The molecule has 0 aliphatic carbocycles. The maximum atomic E-state index is 9.97. The van der Waals surface area contributed by atoms with Gasteiger partial charge in [0.05, 0.1) is 6.26 Å². The van der Waals surface area contributed by atoms with E-state index in [1.807, 2.05) is 0 Å². The molecule has 2 aromatic rings. The average Bonchev–Trinajstić information content (AvgIpc) is 2.87. The van der Waals surface area contributed by atoms with Crippen LogP contribution in [0, 0.1) is 0 Å². The molecule has 0 atom stereocenters. The topological polar surface area (TPSA) is 144 Å². The summed E-state index contributed by atoms with van der Waals surface area (Å²) < 4.78 is 8.45. The molecule has 17 heavy (non-hydrogen) atoms. The largest absolute Gasteiger partial charge is 0.499 e. The van der Waals surface area contributed by atoms with Crippen LogP contribution in [0.25, 0.3) is 0 Å². The zero-order chi connectivity index (χ0) is 13.0. The SMILES string of the molecule is O=C(O)c1ccco1.Oc1oc(O)c(O)c1O. The number of hydrogen-bond donors (Lipinski definition) is 5. The predicted octanol–water partition coefficient (Wildman–Crippen LogP) is 1.08. The van der Waals surface area contributed by atoms with Crippen molar-refractivity contribution in [2.45, 2.75) is 0 Å². The van der Waals surface area contributed by atoms with E-state index in [1.165, 1.54) is 18.4 Å². The smallest absolute Gasteiger partial charge is 0.371 e. The predicted molar refractivity (Wildman–Crippen MR) is 51.0 cm³/mol. The molecule has 8 heteroatoms. The van der Waals surface area contributed by atoms with Crippen molar-refractivity contribution < 1.29 is 39.2 Å². The Kier molecular flexibility index (Phi) is 3.50. The van der Waals surface area contributed by atoms with Crippen molar-refractivity contribution in [3.63, 3.8) is 0 Å². The fourth-order valence-corrected chi connectivity index (χ4v) is 0.791. The van der Waals surface area contributed by atoms with Gasteiger partial charge in [0.2, 0.25) is 17.3 Å². The summed E-state index contributed by atoms with van der Waals surface area (Å²) in [6.07, 6.45) is 1.32. The Balaban J connectivity index is 0.000000171. The normalized spacial score (nSPS) is 9.41. The van der Waals surface area contributed by atoms with Crippen molar-refractivity contribution in [2.75, 3.05) is 0 Å². The van der Waals surface area contributed by atoms with Gasteiger partial charge in [-0.3, -0.25) is 0 Å². The van der Waals surface area contributed by atoms with Gasteiger partial charge in [-0.25, -0.2) is 4.79 Å². The van der Waals surface area contributed by atoms with Crippen LogP contribution in [0.3, 0.4) is 0 Å². The molecule has 8 nitrogen and oxygen atoms in total. The van der Waals surface area contributed by atoms with E-state index in [9.17, 15) is 4.79 Å². The van der Waals surface area contributed by atoms with E-state index in [1.54, 1.807) is 0 Å². The number of rotatable bonds is 1. The summed E-state index contributed by atoms with van der Waals surface area (Å²) in [5.41, 5.74) is 0. The van der Waals surface area contributed by atoms with Crippen molar-refractivity contribution in [1.82, 2.24) is 0 Å². The Morgan fingerprint density at radius 3 is 1.76 bits per heavy atom. The van der Waals surface area contributed by atoms with Crippen LogP contribution in [0.4, 0.5) is 0 Å². The number of hydrogen-bond acceptors (Lipinski definition) is 7. The first-order valence-electron chi connectivity index (χ1n) is 4.13. The molecule has 0 bridgehead atoms. The first kappa shape index (κ1) is 12.3. The van der Waals surface area contributed by atoms with Gasteiger partial charge in [0.15, 0.2) is 0 Å². The van der Waals surface area contributed by atoms with Gasteiger partial charge in [-0.05, 0) is 12.1 Å². The highest BCUT2D eigenvalue weighted by Gasteiger charge is 2.17. The molecule has 0 unspecified atom stereocenters. The third-order valence-electron chi connectivity index (χ3n) is 1.55. The highest BCUT2D eigenvalue weighted by atomic mass is 16.6. The second kappa shape index (κ2) is 4.84. The summed E-state index contributed by atoms with van der Waals surface area (Å²) in [4.78, 5) is 9.97. The van der Waals surface area contributed by atoms with Crippen LogP contribution in [0.2, 0.25) is 0 Å². The van der Waals surface area contributed by atoms with E-state index < -0.39 is 29.4 Å². The van der Waals surface area contributed by atoms with Gasteiger partial charge in [-0.15, -0.1) is 0 Å². The van der Waals surface area contributed by atoms with E-state index in [0.717, 1.165) is 0 Å². The van der Waals surface area contributed by atoms with Crippen LogP contribution in [-0.4, -0.2) is 31.5 Å². The summed E-state index contributed by atoms with van der Waals surface area (Å²) in [5.74, 6) is -4.56. The first-order valence-corrected chi connectivity index (χ1v) is 4.13. The van der Waals surface area contributed by atoms with Crippen LogP contribution in [0.15, 0.2) is 27.2 Å². The highest BCUT2D eigenvalue weighted by molar-refractivity contribution is 5.84. The Morgan fingerprint density at radius 2 is 1.59 bits per heavy atom. The molecule has 5 N–H and O–H groups in total. The van der Waals surface area contributed by atoms with E-state index in [2.05, 4.69) is 8.83 Å². The van der Waals surface area contributed by atoms with Gasteiger partial charge < -0.3 is 34.4 Å². The molecule has 2 heterocycles. The molecule has 0 fully saturated rings. The van der Waals surface area contributed by atoms with Crippen LogP contribution < -0.4 is 0 Å². The molecule has 2 rings (SSSR count). The minimum Gasteiger partial charge on any atom is -0.499 e. The molecule has 0 aromatic carbocycles. The summed E-state index contributed by atoms with van der Waals surface area (Å²) in [5, 5.41) is 41.9. The van der Waals surface area contributed by atoms with E-state index in [0.29, 0.717) is 0 Å². The number of aromatic hydroxyl groups is 4. The third kappa shape index (κ3) is 2.84. The lowest BCUT2D eigenvalue weighted by Gasteiger charge is -1.81. The fourth-order valence-electron chi connectivity index (χ4n) is 0.791. The maximum Gasteiger partial charge on any atom is 0.371 e. The molecule has 0 aliphatic rings. The monoisotopic (exact) mass is 244 g/mol.